The van der Waals surface area contributed by atoms with Gasteiger partial charge in [-0.25, -0.2) is 9.78 Å². The third-order valence-corrected chi connectivity index (χ3v) is 3.36. The predicted molar refractivity (Wildman–Crippen MR) is 72.0 cm³/mol. The van der Waals surface area contributed by atoms with E-state index in [0.717, 1.165) is 19.6 Å². The molecular weight excluding hydrogens is 268 g/mol. The number of hydrogen-bond acceptors (Lipinski definition) is 4. The van der Waals surface area contributed by atoms with E-state index in [0.29, 0.717) is 6.61 Å². The summed E-state index contributed by atoms with van der Waals surface area (Å²) in [7, 11) is 0. The Morgan fingerprint density at radius 1 is 1.37 bits per heavy atom. The number of aromatic carboxylic acids is 1. The number of carboxylic acid groups (broad SMARTS) is 1. The Balaban J connectivity index is 1.91. The molecule has 1 aliphatic rings. The first-order valence-corrected chi connectivity index (χ1v) is 6.79. The van der Waals surface area contributed by atoms with Gasteiger partial charge in [0, 0.05) is 6.54 Å². The van der Waals surface area contributed by atoms with Gasteiger partial charge in [0.25, 0.3) is 0 Å². The second kappa shape index (κ2) is 6.73. The second-order valence-corrected chi connectivity index (χ2v) is 4.93. The van der Waals surface area contributed by atoms with Gasteiger partial charge in [-0.15, -0.1) is 0 Å². The van der Waals surface area contributed by atoms with Crippen molar-refractivity contribution in [2.75, 3.05) is 26.2 Å². The van der Waals surface area contributed by atoms with Crippen LogP contribution in [0.15, 0.2) is 12.1 Å². The Hall–Kier alpha value is -1.33. The first kappa shape index (κ1) is 14.1. The Bertz CT molecular complexity index is 448. The number of carboxylic acids is 1. The number of halogens is 1. The van der Waals surface area contributed by atoms with E-state index in [9.17, 15) is 4.79 Å². The van der Waals surface area contributed by atoms with Crippen LogP contribution in [0.4, 0.5) is 0 Å². The summed E-state index contributed by atoms with van der Waals surface area (Å²) in [4.78, 5) is 17.3. The Morgan fingerprint density at radius 3 is 2.79 bits per heavy atom. The zero-order valence-corrected chi connectivity index (χ0v) is 11.4. The average molecular weight is 285 g/mol. The molecule has 0 spiro atoms. The molecule has 2 rings (SSSR count). The zero-order chi connectivity index (χ0) is 13.7. The fourth-order valence-electron chi connectivity index (χ4n) is 2.15. The van der Waals surface area contributed by atoms with Crippen LogP contribution in [-0.2, 0) is 0 Å². The van der Waals surface area contributed by atoms with E-state index in [1.165, 1.54) is 31.4 Å². The van der Waals surface area contributed by atoms with Crippen molar-refractivity contribution in [2.45, 2.75) is 19.3 Å². The van der Waals surface area contributed by atoms with Gasteiger partial charge in [0.2, 0.25) is 5.88 Å². The summed E-state index contributed by atoms with van der Waals surface area (Å²) in [5, 5.41) is 9.27. The highest BCUT2D eigenvalue weighted by molar-refractivity contribution is 6.29. The third kappa shape index (κ3) is 4.08. The molecule has 0 aromatic carbocycles. The van der Waals surface area contributed by atoms with Gasteiger partial charge in [0.15, 0.2) is 0 Å². The number of likely N-dealkylation sites (tertiary alicyclic amines) is 1. The van der Waals surface area contributed by atoms with E-state index in [-0.39, 0.29) is 16.6 Å². The molecule has 1 aromatic rings. The van der Waals surface area contributed by atoms with E-state index in [4.69, 9.17) is 21.4 Å². The highest BCUT2D eigenvalue weighted by Crippen LogP contribution is 2.19. The van der Waals surface area contributed by atoms with Gasteiger partial charge in [-0.1, -0.05) is 18.0 Å². The predicted octanol–water partition coefficient (Wildman–Crippen LogP) is 2.30. The topological polar surface area (TPSA) is 62.7 Å². The van der Waals surface area contributed by atoms with E-state index in [2.05, 4.69) is 9.88 Å². The number of pyridine rings is 1. The number of nitrogens with zero attached hydrogens (tertiary/aromatic N) is 2. The molecule has 2 heterocycles. The van der Waals surface area contributed by atoms with Crippen LogP contribution in [0.25, 0.3) is 0 Å². The average Bonchev–Trinajstić information content (AvgIpc) is 2.39. The molecule has 1 aromatic heterocycles. The van der Waals surface area contributed by atoms with Crippen molar-refractivity contribution < 1.29 is 14.6 Å². The van der Waals surface area contributed by atoms with Gasteiger partial charge < -0.3 is 9.84 Å². The van der Waals surface area contributed by atoms with Gasteiger partial charge in [-0.2, -0.15) is 0 Å². The van der Waals surface area contributed by atoms with Crippen molar-refractivity contribution in [3.63, 3.8) is 0 Å². The van der Waals surface area contributed by atoms with Crippen LogP contribution in [0.5, 0.6) is 5.88 Å². The fourth-order valence-corrected chi connectivity index (χ4v) is 2.28. The molecule has 104 valence electrons. The summed E-state index contributed by atoms with van der Waals surface area (Å²) in [5.74, 6) is -0.964. The number of piperidine rings is 1. The quantitative estimate of drug-likeness (QED) is 0.841. The number of hydrogen-bond donors (Lipinski definition) is 1. The van der Waals surface area contributed by atoms with Crippen LogP contribution in [0.3, 0.4) is 0 Å². The summed E-state index contributed by atoms with van der Waals surface area (Å²) in [6.45, 7) is 3.37. The lowest BCUT2D eigenvalue weighted by molar-refractivity contribution is 0.0690. The lowest BCUT2D eigenvalue weighted by atomic mass is 10.1. The number of carbonyl (C=O) groups is 1. The maximum Gasteiger partial charge on any atom is 0.341 e. The van der Waals surface area contributed by atoms with Crippen LogP contribution in [0.1, 0.15) is 29.6 Å². The van der Waals surface area contributed by atoms with Crippen molar-refractivity contribution >= 4 is 17.6 Å². The van der Waals surface area contributed by atoms with Crippen LogP contribution in [0.2, 0.25) is 5.15 Å². The number of rotatable bonds is 5. The monoisotopic (exact) mass is 284 g/mol. The van der Waals surface area contributed by atoms with Gasteiger partial charge in [-0.3, -0.25) is 4.90 Å². The molecule has 5 nitrogen and oxygen atoms in total. The lowest BCUT2D eigenvalue weighted by Gasteiger charge is -2.26. The van der Waals surface area contributed by atoms with E-state index < -0.39 is 5.97 Å². The maximum atomic E-state index is 11.0. The molecule has 19 heavy (non-hydrogen) atoms. The van der Waals surface area contributed by atoms with Gasteiger partial charge in [-0.05, 0) is 38.1 Å². The van der Waals surface area contributed by atoms with Crippen LogP contribution in [0, 0.1) is 0 Å². The van der Waals surface area contributed by atoms with E-state index >= 15 is 0 Å². The van der Waals surface area contributed by atoms with Gasteiger partial charge >= 0.3 is 5.97 Å². The molecule has 0 radical (unpaired) electrons. The largest absolute Gasteiger partial charge is 0.477 e. The zero-order valence-electron chi connectivity index (χ0n) is 10.6. The minimum Gasteiger partial charge on any atom is -0.477 e. The van der Waals surface area contributed by atoms with Crippen LogP contribution >= 0.6 is 11.6 Å². The van der Waals surface area contributed by atoms with Crippen molar-refractivity contribution in [2.24, 2.45) is 0 Å². The highest BCUT2D eigenvalue weighted by atomic mass is 35.5. The minimum absolute atomic E-state index is 0.0445. The summed E-state index contributed by atoms with van der Waals surface area (Å²) >= 11 is 5.75. The van der Waals surface area contributed by atoms with Crippen molar-refractivity contribution in [3.05, 3.63) is 22.8 Å². The highest BCUT2D eigenvalue weighted by Gasteiger charge is 2.15. The van der Waals surface area contributed by atoms with Crippen molar-refractivity contribution in [3.8, 4) is 5.88 Å². The SMILES string of the molecule is O=C(O)c1ccc(Cl)nc1OCCN1CCCCC1. The summed E-state index contributed by atoms with van der Waals surface area (Å²) in [5.41, 5.74) is 0.0445. The van der Waals surface area contributed by atoms with Gasteiger partial charge in [0.1, 0.15) is 17.3 Å². The maximum absolute atomic E-state index is 11.0. The van der Waals surface area contributed by atoms with E-state index in [1.54, 1.807) is 0 Å². The molecule has 1 aliphatic heterocycles. The van der Waals surface area contributed by atoms with Crippen LogP contribution in [-0.4, -0.2) is 47.2 Å². The first-order valence-electron chi connectivity index (χ1n) is 6.42. The standard InChI is InChI=1S/C13H17ClN2O3/c14-11-5-4-10(13(17)18)12(15-11)19-9-8-16-6-2-1-3-7-16/h4-5H,1-3,6-9H2,(H,17,18). The third-order valence-electron chi connectivity index (χ3n) is 3.15. The molecule has 0 aliphatic carbocycles. The lowest BCUT2D eigenvalue weighted by Crippen LogP contribution is -2.33. The second-order valence-electron chi connectivity index (χ2n) is 4.54. The molecule has 1 N–H and O–H groups in total. The first-order chi connectivity index (χ1) is 9.16. The van der Waals surface area contributed by atoms with Crippen molar-refractivity contribution in [1.29, 1.82) is 0 Å². The molecule has 0 saturated carbocycles. The summed E-state index contributed by atoms with van der Waals surface area (Å²) in [6.07, 6.45) is 3.72. The van der Waals surface area contributed by atoms with E-state index in [1.807, 2.05) is 0 Å². The summed E-state index contributed by atoms with van der Waals surface area (Å²) < 4.78 is 5.46. The van der Waals surface area contributed by atoms with Crippen molar-refractivity contribution in [1.82, 2.24) is 9.88 Å². The van der Waals surface area contributed by atoms with Gasteiger partial charge in [0.05, 0.1) is 0 Å². The molecule has 6 heteroatoms. The molecule has 0 amide bonds. The summed E-state index contributed by atoms with van der Waals surface area (Å²) in [6, 6.07) is 2.86. The normalized spacial score (nSPS) is 16.3. The molecular formula is C13H17ClN2O3. The Labute approximate surface area is 117 Å². The Morgan fingerprint density at radius 2 is 2.11 bits per heavy atom. The van der Waals surface area contributed by atoms with Crippen LogP contribution < -0.4 is 4.74 Å². The molecule has 1 saturated heterocycles. The molecule has 0 unspecified atom stereocenters. The minimum atomic E-state index is -1.06. The molecule has 0 atom stereocenters. The number of ether oxygens (including phenoxy) is 1. The number of aromatic nitrogens is 1. The molecule has 0 bridgehead atoms. The Kier molecular flexibility index (Phi) is 4.99. The fraction of sp³-hybridized carbons (Fsp3) is 0.538. The molecule has 1 fully saturated rings. The smallest absolute Gasteiger partial charge is 0.341 e.